The summed E-state index contributed by atoms with van der Waals surface area (Å²) in [7, 11) is 0. The first-order valence-corrected chi connectivity index (χ1v) is 9.96. The number of hydrogen-bond acceptors (Lipinski definition) is 8. The fraction of sp³-hybridized carbons (Fsp3) is 0.381. The van der Waals surface area contributed by atoms with Crippen molar-refractivity contribution in [3.8, 4) is 5.69 Å². The van der Waals surface area contributed by atoms with Crippen LogP contribution < -0.4 is 5.32 Å². The van der Waals surface area contributed by atoms with E-state index in [1.54, 1.807) is 10.9 Å². The number of nitrogens with zero attached hydrogens (tertiary/aromatic N) is 3. The zero-order valence-electron chi connectivity index (χ0n) is 16.6. The molecule has 164 valence electrons. The number of carbonyl (C=O) groups excluding carboxylic acids is 1. The van der Waals surface area contributed by atoms with Crippen LogP contribution in [0.1, 0.15) is 12.1 Å². The van der Waals surface area contributed by atoms with Gasteiger partial charge in [-0.05, 0) is 22.9 Å². The van der Waals surface area contributed by atoms with Gasteiger partial charge in [-0.25, -0.2) is 4.68 Å². The molecule has 1 saturated heterocycles. The average Bonchev–Trinajstić information content (AvgIpc) is 3.27. The summed E-state index contributed by atoms with van der Waals surface area (Å²) in [6.07, 6.45) is -4.76. The molecule has 0 spiro atoms. The van der Waals surface area contributed by atoms with E-state index in [0.717, 1.165) is 16.5 Å². The number of carbonyl (C=O) groups is 1. The number of nitrogens with one attached hydrogen (secondary N) is 1. The van der Waals surface area contributed by atoms with Crippen LogP contribution in [0.3, 0.4) is 0 Å². The maximum Gasteiger partial charge on any atom is 0.222 e. The highest BCUT2D eigenvalue weighted by atomic mass is 16.6. The number of aryl methyl sites for hydroxylation is 1. The molecule has 2 heterocycles. The summed E-state index contributed by atoms with van der Waals surface area (Å²) < 4.78 is 6.91. The molecule has 10 heteroatoms. The van der Waals surface area contributed by atoms with E-state index in [1.165, 1.54) is 0 Å². The van der Waals surface area contributed by atoms with Gasteiger partial charge in [0.2, 0.25) is 5.91 Å². The SMILES string of the molecule is O=C(CCc1cn(-c2ccc3ccccc3c2)nn1)N[C@@H]1OC(CO)[C@@H](O)C(O)C1O. The smallest absolute Gasteiger partial charge is 0.222 e. The van der Waals surface area contributed by atoms with Crippen LogP contribution >= 0.6 is 0 Å². The standard InChI is InChI=1S/C21H24N4O6/c26-11-16-18(28)19(29)20(30)21(31-16)22-17(27)8-6-14-10-25(24-23-14)15-7-5-12-3-1-2-4-13(12)9-15/h1-5,7,9-10,16,18-21,26,28-30H,6,8,11H2,(H,22,27)/t16?,18-,19?,20?,21-/m1/s1. The van der Waals surface area contributed by atoms with Crippen molar-refractivity contribution < 1.29 is 30.0 Å². The molecule has 1 amide bonds. The van der Waals surface area contributed by atoms with Gasteiger partial charge in [-0.15, -0.1) is 5.10 Å². The van der Waals surface area contributed by atoms with E-state index in [2.05, 4.69) is 15.6 Å². The van der Waals surface area contributed by atoms with Crippen LogP contribution in [0.25, 0.3) is 16.5 Å². The average molecular weight is 428 g/mol. The lowest BCUT2D eigenvalue weighted by atomic mass is 9.98. The van der Waals surface area contributed by atoms with Gasteiger partial charge in [0.15, 0.2) is 6.23 Å². The molecule has 3 aromatic rings. The third kappa shape index (κ3) is 4.58. The molecule has 3 unspecified atom stereocenters. The van der Waals surface area contributed by atoms with Crippen molar-refractivity contribution in [3.05, 3.63) is 54.4 Å². The Bertz CT molecular complexity index is 1060. The van der Waals surface area contributed by atoms with Gasteiger partial charge >= 0.3 is 0 Å². The van der Waals surface area contributed by atoms with Crippen LogP contribution in [0.15, 0.2) is 48.7 Å². The molecular weight excluding hydrogens is 404 g/mol. The van der Waals surface area contributed by atoms with Gasteiger partial charge in [-0.1, -0.05) is 35.5 Å². The predicted octanol–water partition coefficient (Wildman–Crippen LogP) is -0.731. The Morgan fingerprint density at radius 1 is 1.06 bits per heavy atom. The van der Waals surface area contributed by atoms with Crippen molar-refractivity contribution in [2.24, 2.45) is 0 Å². The van der Waals surface area contributed by atoms with Crippen molar-refractivity contribution in [3.63, 3.8) is 0 Å². The molecule has 0 aliphatic carbocycles. The molecule has 5 atom stereocenters. The summed E-state index contributed by atoms with van der Waals surface area (Å²) >= 11 is 0. The summed E-state index contributed by atoms with van der Waals surface area (Å²) in [5, 5.41) is 51.7. The van der Waals surface area contributed by atoms with Crippen LogP contribution in [-0.2, 0) is 16.0 Å². The van der Waals surface area contributed by atoms with E-state index in [9.17, 15) is 25.2 Å². The van der Waals surface area contributed by atoms with Gasteiger partial charge in [-0.2, -0.15) is 0 Å². The highest BCUT2D eigenvalue weighted by molar-refractivity contribution is 5.84. The fourth-order valence-corrected chi connectivity index (χ4v) is 3.55. The summed E-state index contributed by atoms with van der Waals surface area (Å²) in [6.45, 7) is -0.560. The van der Waals surface area contributed by atoms with E-state index in [0.29, 0.717) is 12.1 Å². The van der Waals surface area contributed by atoms with Crippen LogP contribution in [0, 0.1) is 0 Å². The highest BCUT2D eigenvalue weighted by Gasteiger charge is 2.43. The minimum absolute atomic E-state index is 0.0471. The Hall–Kier alpha value is -2.89. The number of ether oxygens (including phenoxy) is 1. The van der Waals surface area contributed by atoms with E-state index in [-0.39, 0.29) is 6.42 Å². The molecule has 2 aromatic carbocycles. The number of benzene rings is 2. The van der Waals surface area contributed by atoms with Crippen LogP contribution in [-0.4, -0.2) is 78.6 Å². The van der Waals surface area contributed by atoms with Crippen LogP contribution in [0.2, 0.25) is 0 Å². The van der Waals surface area contributed by atoms with Crippen molar-refractivity contribution in [1.82, 2.24) is 20.3 Å². The van der Waals surface area contributed by atoms with Crippen molar-refractivity contribution in [2.75, 3.05) is 6.61 Å². The Balaban J connectivity index is 1.35. The summed E-state index contributed by atoms with van der Waals surface area (Å²) in [5.41, 5.74) is 1.46. The Labute approximate surface area is 177 Å². The first-order valence-electron chi connectivity index (χ1n) is 9.96. The van der Waals surface area contributed by atoms with Gasteiger partial charge in [0, 0.05) is 12.8 Å². The molecule has 1 aliphatic heterocycles. The number of amides is 1. The lowest BCUT2D eigenvalue weighted by molar-refractivity contribution is -0.235. The number of fused-ring (bicyclic) bond motifs is 1. The summed E-state index contributed by atoms with van der Waals surface area (Å²) in [5.74, 6) is -0.440. The largest absolute Gasteiger partial charge is 0.394 e. The van der Waals surface area contributed by atoms with Crippen molar-refractivity contribution in [2.45, 2.75) is 43.5 Å². The topological polar surface area (TPSA) is 150 Å². The maximum absolute atomic E-state index is 12.3. The van der Waals surface area contributed by atoms with Crippen molar-refractivity contribution in [1.29, 1.82) is 0 Å². The molecule has 10 nitrogen and oxygen atoms in total. The second kappa shape index (κ2) is 9.08. The monoisotopic (exact) mass is 428 g/mol. The molecular formula is C21H24N4O6. The molecule has 0 saturated carbocycles. The van der Waals surface area contributed by atoms with E-state index in [1.807, 2.05) is 42.5 Å². The van der Waals surface area contributed by atoms with Gasteiger partial charge < -0.3 is 30.5 Å². The van der Waals surface area contributed by atoms with E-state index < -0.39 is 43.2 Å². The second-order valence-electron chi connectivity index (χ2n) is 7.50. The van der Waals surface area contributed by atoms with Crippen LogP contribution in [0.4, 0.5) is 0 Å². The molecule has 1 aromatic heterocycles. The lowest BCUT2D eigenvalue weighted by Crippen LogP contribution is -2.63. The predicted molar refractivity (Wildman–Crippen MR) is 109 cm³/mol. The van der Waals surface area contributed by atoms with Gasteiger partial charge in [0.25, 0.3) is 0 Å². The molecule has 0 radical (unpaired) electrons. The Kier molecular flexibility index (Phi) is 6.25. The van der Waals surface area contributed by atoms with E-state index >= 15 is 0 Å². The van der Waals surface area contributed by atoms with Gasteiger partial charge in [-0.3, -0.25) is 4.79 Å². The molecule has 0 bridgehead atoms. The molecule has 1 aliphatic rings. The first-order chi connectivity index (χ1) is 15.0. The number of aliphatic hydroxyl groups excluding tert-OH is 4. The summed E-state index contributed by atoms with van der Waals surface area (Å²) in [6, 6.07) is 13.9. The molecule has 4 rings (SSSR count). The zero-order chi connectivity index (χ0) is 22.0. The lowest BCUT2D eigenvalue weighted by Gasteiger charge is -2.40. The minimum Gasteiger partial charge on any atom is -0.394 e. The Morgan fingerprint density at radius 2 is 1.84 bits per heavy atom. The van der Waals surface area contributed by atoms with E-state index in [4.69, 9.17) is 4.74 Å². The van der Waals surface area contributed by atoms with Gasteiger partial charge in [0.05, 0.1) is 24.2 Å². The number of hydrogen-bond donors (Lipinski definition) is 5. The normalized spacial score (nSPS) is 26.1. The van der Waals surface area contributed by atoms with Crippen molar-refractivity contribution >= 4 is 16.7 Å². The fourth-order valence-electron chi connectivity index (χ4n) is 3.55. The zero-order valence-corrected chi connectivity index (χ0v) is 16.6. The second-order valence-corrected chi connectivity index (χ2v) is 7.50. The molecule has 31 heavy (non-hydrogen) atoms. The maximum atomic E-state index is 12.3. The first kappa shape index (κ1) is 21.3. The number of aliphatic hydroxyl groups is 4. The number of rotatable bonds is 6. The highest BCUT2D eigenvalue weighted by Crippen LogP contribution is 2.20. The minimum atomic E-state index is -1.54. The molecule has 5 N–H and O–H groups in total. The van der Waals surface area contributed by atoms with Gasteiger partial charge in [0.1, 0.15) is 24.4 Å². The number of aromatic nitrogens is 3. The quantitative estimate of drug-likeness (QED) is 0.345. The third-order valence-corrected chi connectivity index (χ3v) is 5.34. The Morgan fingerprint density at radius 3 is 2.61 bits per heavy atom. The third-order valence-electron chi connectivity index (χ3n) is 5.34. The molecule has 1 fully saturated rings. The van der Waals surface area contributed by atoms with Crippen LogP contribution in [0.5, 0.6) is 0 Å². The summed E-state index contributed by atoms with van der Waals surface area (Å²) in [4.78, 5) is 12.3.